The van der Waals surface area contributed by atoms with Gasteiger partial charge in [-0.1, -0.05) is 55.0 Å². The van der Waals surface area contributed by atoms with Gasteiger partial charge in [0.1, 0.15) is 23.3 Å². The average molecular weight is 588 g/mol. The Hall–Kier alpha value is -4.77. The first-order chi connectivity index (χ1) is 20.3. The number of esters is 1. The molecule has 0 spiro atoms. The molecule has 216 valence electrons. The Balaban J connectivity index is 1.68. The summed E-state index contributed by atoms with van der Waals surface area (Å²) >= 11 is 1.19. The van der Waals surface area contributed by atoms with Crippen molar-refractivity contribution in [2.75, 3.05) is 13.7 Å². The topological polar surface area (TPSA) is 126 Å². The highest BCUT2D eigenvalue weighted by Crippen LogP contribution is 2.37. The van der Waals surface area contributed by atoms with Crippen molar-refractivity contribution < 1.29 is 23.6 Å². The van der Waals surface area contributed by atoms with Crippen LogP contribution in [0.1, 0.15) is 49.6 Å². The molecule has 11 heteroatoms. The third-order valence-electron chi connectivity index (χ3n) is 6.99. The van der Waals surface area contributed by atoms with Crippen molar-refractivity contribution in [2.45, 2.75) is 39.7 Å². The maximum atomic E-state index is 14.0. The SMILES string of the molecule is CCCC1=C(C(=O)OCC)[C@H](c2ccccc2OC)n2c(s/c(=C\c3ccc(-c4cccc([N+](=O)[O-])c4C)o3)c2=O)=N1. The van der Waals surface area contributed by atoms with E-state index in [2.05, 4.69) is 0 Å². The lowest BCUT2D eigenvalue weighted by Gasteiger charge is -2.26. The van der Waals surface area contributed by atoms with Crippen molar-refractivity contribution in [1.82, 2.24) is 4.57 Å². The van der Waals surface area contributed by atoms with E-state index >= 15 is 0 Å². The molecule has 0 bridgehead atoms. The molecule has 42 heavy (non-hydrogen) atoms. The summed E-state index contributed by atoms with van der Waals surface area (Å²) in [5.41, 5.74) is 2.23. The Morgan fingerprint density at radius 3 is 2.67 bits per heavy atom. The smallest absolute Gasteiger partial charge is 0.338 e. The lowest BCUT2D eigenvalue weighted by Crippen LogP contribution is -2.40. The molecule has 10 nitrogen and oxygen atoms in total. The van der Waals surface area contributed by atoms with Crippen molar-refractivity contribution in [2.24, 2.45) is 4.99 Å². The van der Waals surface area contributed by atoms with Crippen LogP contribution in [0.5, 0.6) is 5.75 Å². The second-order valence-corrected chi connectivity index (χ2v) is 10.6. The van der Waals surface area contributed by atoms with Crippen molar-refractivity contribution in [3.63, 3.8) is 0 Å². The first kappa shape index (κ1) is 28.7. The van der Waals surface area contributed by atoms with E-state index in [-0.39, 0.29) is 17.9 Å². The van der Waals surface area contributed by atoms with Gasteiger partial charge in [0.2, 0.25) is 0 Å². The summed E-state index contributed by atoms with van der Waals surface area (Å²) in [6, 6.07) is 14.7. The summed E-state index contributed by atoms with van der Waals surface area (Å²) in [6.07, 6.45) is 2.88. The molecule has 1 aliphatic heterocycles. The van der Waals surface area contributed by atoms with Crippen LogP contribution in [0.25, 0.3) is 17.4 Å². The summed E-state index contributed by atoms with van der Waals surface area (Å²) in [5, 5.41) is 11.4. The summed E-state index contributed by atoms with van der Waals surface area (Å²) in [6.45, 7) is 5.57. The lowest BCUT2D eigenvalue weighted by atomic mass is 9.93. The van der Waals surface area contributed by atoms with E-state index in [1.807, 2.05) is 25.1 Å². The summed E-state index contributed by atoms with van der Waals surface area (Å²) in [4.78, 5) is 43.5. The van der Waals surface area contributed by atoms with Crippen LogP contribution in [0.4, 0.5) is 5.69 Å². The van der Waals surface area contributed by atoms with Gasteiger partial charge in [0.25, 0.3) is 11.2 Å². The van der Waals surface area contributed by atoms with Gasteiger partial charge < -0.3 is 13.9 Å². The van der Waals surface area contributed by atoms with E-state index in [1.54, 1.807) is 57.4 Å². The quantitative estimate of drug-likeness (QED) is 0.152. The van der Waals surface area contributed by atoms with Gasteiger partial charge in [0.05, 0.1) is 34.4 Å². The van der Waals surface area contributed by atoms with Gasteiger partial charge in [0.15, 0.2) is 4.80 Å². The number of ether oxygens (including phenoxy) is 2. The van der Waals surface area contributed by atoms with Crippen LogP contribution in [0.2, 0.25) is 0 Å². The number of furan rings is 1. The second kappa shape index (κ2) is 12.0. The second-order valence-electron chi connectivity index (χ2n) is 9.56. The third kappa shape index (κ3) is 5.18. The Bertz CT molecular complexity index is 1900. The fourth-order valence-electron chi connectivity index (χ4n) is 5.10. The number of nitrogens with zero attached hydrogens (tertiary/aromatic N) is 3. The molecule has 0 aliphatic carbocycles. The Labute approximate surface area is 245 Å². The number of fused-ring (bicyclic) bond motifs is 1. The van der Waals surface area contributed by atoms with Gasteiger partial charge in [-0.25, -0.2) is 9.79 Å². The van der Waals surface area contributed by atoms with Gasteiger partial charge >= 0.3 is 5.97 Å². The first-order valence-electron chi connectivity index (χ1n) is 13.5. The van der Waals surface area contributed by atoms with Gasteiger partial charge in [0, 0.05) is 28.8 Å². The number of hydrogen-bond acceptors (Lipinski definition) is 9. The number of nitro groups is 1. The fraction of sp³-hybridized carbons (Fsp3) is 0.258. The molecule has 4 aromatic rings. The average Bonchev–Trinajstić information content (AvgIpc) is 3.56. The van der Waals surface area contributed by atoms with E-state index in [4.69, 9.17) is 18.9 Å². The predicted molar refractivity (Wildman–Crippen MR) is 158 cm³/mol. The van der Waals surface area contributed by atoms with E-state index in [1.165, 1.54) is 22.0 Å². The summed E-state index contributed by atoms with van der Waals surface area (Å²) in [5.74, 6) is 0.836. The molecule has 1 atom stereocenters. The summed E-state index contributed by atoms with van der Waals surface area (Å²) < 4.78 is 19.0. The van der Waals surface area contributed by atoms with Crippen LogP contribution in [-0.2, 0) is 9.53 Å². The zero-order valence-electron chi connectivity index (χ0n) is 23.6. The Morgan fingerprint density at radius 1 is 1.17 bits per heavy atom. The molecule has 0 fully saturated rings. The number of nitro benzene ring substituents is 1. The molecule has 0 amide bonds. The van der Waals surface area contributed by atoms with Crippen molar-refractivity contribution in [1.29, 1.82) is 0 Å². The molecule has 0 radical (unpaired) electrons. The monoisotopic (exact) mass is 587 g/mol. The van der Waals surface area contributed by atoms with Gasteiger partial charge in [-0.3, -0.25) is 19.5 Å². The highest BCUT2D eigenvalue weighted by Gasteiger charge is 2.35. The molecule has 3 heterocycles. The van der Waals surface area contributed by atoms with Crippen molar-refractivity contribution >= 4 is 29.1 Å². The highest BCUT2D eigenvalue weighted by molar-refractivity contribution is 7.07. The van der Waals surface area contributed by atoms with Crippen LogP contribution in [0.3, 0.4) is 0 Å². The molecule has 2 aromatic carbocycles. The van der Waals surface area contributed by atoms with E-state index in [9.17, 15) is 19.7 Å². The normalized spacial score (nSPS) is 14.9. The highest BCUT2D eigenvalue weighted by atomic mass is 32.1. The fourth-order valence-corrected chi connectivity index (χ4v) is 6.10. The molecular formula is C31H29N3O7S. The van der Waals surface area contributed by atoms with Crippen LogP contribution in [-0.4, -0.2) is 29.2 Å². The summed E-state index contributed by atoms with van der Waals surface area (Å²) in [7, 11) is 1.54. The number of thiazole rings is 1. The number of hydrogen-bond donors (Lipinski definition) is 0. The molecule has 0 N–H and O–H groups in total. The molecule has 5 rings (SSSR count). The maximum Gasteiger partial charge on any atom is 0.338 e. The Kier molecular flexibility index (Phi) is 8.21. The molecule has 0 saturated heterocycles. The minimum Gasteiger partial charge on any atom is -0.496 e. The van der Waals surface area contributed by atoms with Crippen LogP contribution in [0.15, 0.2) is 80.1 Å². The van der Waals surface area contributed by atoms with Crippen LogP contribution >= 0.6 is 11.3 Å². The minimum absolute atomic E-state index is 0.00427. The number of aromatic nitrogens is 1. The third-order valence-corrected chi connectivity index (χ3v) is 7.98. The number of methoxy groups -OCH3 is 1. The molecule has 0 unspecified atom stereocenters. The minimum atomic E-state index is -0.806. The van der Waals surface area contributed by atoms with Crippen molar-refractivity contribution in [3.05, 3.63) is 113 Å². The van der Waals surface area contributed by atoms with Crippen LogP contribution in [0, 0.1) is 17.0 Å². The van der Waals surface area contributed by atoms with Crippen LogP contribution < -0.4 is 19.6 Å². The zero-order chi connectivity index (χ0) is 30.0. The van der Waals surface area contributed by atoms with Gasteiger partial charge in [-0.2, -0.15) is 0 Å². The lowest BCUT2D eigenvalue weighted by molar-refractivity contribution is -0.385. The molecule has 2 aromatic heterocycles. The largest absolute Gasteiger partial charge is 0.496 e. The number of allylic oxidation sites excluding steroid dienone is 1. The van der Waals surface area contributed by atoms with Gasteiger partial charge in [-0.05, 0) is 38.5 Å². The first-order valence-corrected chi connectivity index (χ1v) is 14.3. The molecular weight excluding hydrogens is 558 g/mol. The number of rotatable bonds is 9. The number of carbonyl (C=O) groups excluding carboxylic acids is 1. The zero-order valence-corrected chi connectivity index (χ0v) is 24.4. The van der Waals surface area contributed by atoms with E-state index in [0.717, 1.165) is 6.42 Å². The maximum absolute atomic E-state index is 14.0. The van der Waals surface area contributed by atoms with Crippen molar-refractivity contribution in [3.8, 4) is 17.1 Å². The number of para-hydroxylation sites is 1. The molecule has 0 saturated carbocycles. The van der Waals surface area contributed by atoms with E-state index in [0.29, 0.717) is 61.0 Å². The molecule has 1 aliphatic rings. The number of benzene rings is 2. The van der Waals surface area contributed by atoms with E-state index < -0.39 is 16.9 Å². The Morgan fingerprint density at radius 2 is 1.95 bits per heavy atom. The van der Waals surface area contributed by atoms with Gasteiger partial charge in [-0.15, -0.1) is 0 Å². The predicted octanol–water partition coefficient (Wildman–Crippen LogP) is 5.06. The number of carbonyl (C=O) groups is 1. The standard InChI is InChI=1S/C31H29N3O7S/c1-5-10-22-27(30(36)40-6-2)28(21-11-7-8-14-24(21)39-4)33-29(35)26(42-31(33)32-22)17-19-15-16-25(41-19)20-12-9-13-23(18(20)3)34(37)38/h7-9,11-17,28H,5-6,10H2,1-4H3/b26-17-/t28-/m0/s1.